The topological polar surface area (TPSA) is 77.8 Å². The molecule has 4 nitrogen and oxygen atoms in total. The molecule has 4 saturated carbocycles. The summed E-state index contributed by atoms with van der Waals surface area (Å²) < 4.78 is 0. The predicted octanol–water partition coefficient (Wildman–Crippen LogP) is 3.95. The molecule has 4 fully saturated rings. The average Bonchev–Trinajstić information content (AvgIpc) is 3.01. The van der Waals surface area contributed by atoms with Crippen LogP contribution in [-0.4, -0.2) is 39.4 Å². The first-order chi connectivity index (χ1) is 13.6. The third-order valence-electron chi connectivity index (χ3n) is 10.5. The van der Waals surface area contributed by atoms with E-state index in [1.807, 2.05) is 0 Å². The Balaban J connectivity index is 1.61. The van der Waals surface area contributed by atoms with Crippen LogP contribution in [-0.2, 0) is 4.79 Å². The van der Waals surface area contributed by atoms with Crippen LogP contribution in [0.2, 0.25) is 0 Å². The van der Waals surface area contributed by atoms with Crippen LogP contribution >= 0.6 is 0 Å². The number of hydrogen-bond acceptors (Lipinski definition) is 4. The van der Waals surface area contributed by atoms with Gasteiger partial charge in [-0.2, -0.15) is 0 Å². The van der Waals surface area contributed by atoms with Gasteiger partial charge in [0.25, 0.3) is 0 Å². The maximum absolute atomic E-state index is 11.5. The van der Waals surface area contributed by atoms with Crippen molar-refractivity contribution in [2.45, 2.75) is 104 Å². The Morgan fingerprint density at radius 3 is 2.45 bits per heavy atom. The fourth-order valence-electron chi connectivity index (χ4n) is 8.76. The number of Topliss-reactive ketones (excluding diaryl/α,β-unsaturated/α-hetero) is 1. The number of carbonyl (C=O) groups excluding carboxylic acids is 1. The summed E-state index contributed by atoms with van der Waals surface area (Å²) in [6, 6.07) is 0. The Kier molecular flexibility index (Phi) is 5.71. The maximum Gasteiger partial charge on any atom is 0.129 e. The van der Waals surface area contributed by atoms with Crippen LogP contribution in [0.1, 0.15) is 85.5 Å². The van der Waals surface area contributed by atoms with Gasteiger partial charge in [0.05, 0.1) is 18.3 Å². The summed E-state index contributed by atoms with van der Waals surface area (Å²) in [5.74, 6) is 2.45. The summed E-state index contributed by atoms with van der Waals surface area (Å²) >= 11 is 0. The van der Waals surface area contributed by atoms with E-state index in [0.29, 0.717) is 36.0 Å². The van der Waals surface area contributed by atoms with E-state index in [1.165, 1.54) is 0 Å². The van der Waals surface area contributed by atoms with Crippen molar-refractivity contribution >= 4 is 5.78 Å². The van der Waals surface area contributed by atoms with E-state index >= 15 is 0 Å². The summed E-state index contributed by atoms with van der Waals surface area (Å²) in [5, 5.41) is 33.0. The molecule has 4 rings (SSSR count). The van der Waals surface area contributed by atoms with Crippen molar-refractivity contribution in [1.82, 2.24) is 0 Å². The average molecular weight is 407 g/mol. The van der Waals surface area contributed by atoms with Gasteiger partial charge in [0.15, 0.2) is 0 Å². The van der Waals surface area contributed by atoms with Gasteiger partial charge in [0, 0.05) is 6.42 Å². The van der Waals surface area contributed by atoms with Gasteiger partial charge >= 0.3 is 0 Å². The van der Waals surface area contributed by atoms with E-state index in [0.717, 1.165) is 51.4 Å². The first-order valence-electron chi connectivity index (χ1n) is 12.1. The molecule has 4 aliphatic rings. The molecule has 0 heterocycles. The number of ketones is 1. The summed E-state index contributed by atoms with van der Waals surface area (Å²) in [6.45, 7) is 8.59. The van der Waals surface area contributed by atoms with Gasteiger partial charge in [0.2, 0.25) is 0 Å². The van der Waals surface area contributed by atoms with E-state index in [9.17, 15) is 20.1 Å². The minimum Gasteiger partial charge on any atom is -0.393 e. The lowest BCUT2D eigenvalue weighted by molar-refractivity contribution is -0.207. The van der Waals surface area contributed by atoms with Crippen molar-refractivity contribution in [2.75, 3.05) is 0 Å². The van der Waals surface area contributed by atoms with E-state index in [2.05, 4.69) is 20.8 Å². The van der Waals surface area contributed by atoms with Gasteiger partial charge < -0.3 is 20.1 Å². The third kappa shape index (κ3) is 3.32. The Morgan fingerprint density at radius 2 is 1.76 bits per heavy atom. The van der Waals surface area contributed by atoms with Gasteiger partial charge in [-0.1, -0.05) is 20.8 Å². The third-order valence-corrected chi connectivity index (χ3v) is 10.5. The second-order valence-electron chi connectivity index (χ2n) is 11.7. The largest absolute Gasteiger partial charge is 0.393 e. The molecular weight excluding hydrogens is 364 g/mol. The van der Waals surface area contributed by atoms with E-state index in [1.54, 1.807) is 6.92 Å². The van der Waals surface area contributed by atoms with Crippen LogP contribution in [0.3, 0.4) is 0 Å². The van der Waals surface area contributed by atoms with Crippen LogP contribution in [0.4, 0.5) is 0 Å². The highest BCUT2D eigenvalue weighted by Crippen LogP contribution is 2.68. The van der Waals surface area contributed by atoms with Crippen molar-refractivity contribution in [3.8, 4) is 0 Å². The predicted molar refractivity (Wildman–Crippen MR) is 113 cm³/mol. The standard InChI is InChI=1S/C25H42O4/c1-14(5-6-15(2)26)18-7-8-19-23-20(13-22(29)25(18,19)4)24(3)10-9-17(27)11-16(24)12-21(23)28/h14,16-23,27-29H,5-13H2,1-4H3/t14-,16+,17-,18+,19+,20+,21-,22+,23+,24+,25-/m1/s1. The molecule has 0 saturated heterocycles. The van der Waals surface area contributed by atoms with Crippen LogP contribution in [0.5, 0.6) is 0 Å². The molecule has 0 bridgehead atoms. The highest BCUT2D eigenvalue weighted by molar-refractivity contribution is 5.75. The molecule has 0 spiro atoms. The van der Waals surface area contributed by atoms with Crippen molar-refractivity contribution < 1.29 is 20.1 Å². The molecule has 11 atom stereocenters. The van der Waals surface area contributed by atoms with E-state index < -0.39 is 0 Å². The SMILES string of the molecule is CC(=O)CC[C@@H](C)[C@@H]1CC[C@H]2[C@@H]3[C@H](O)C[C@@H]4C[C@H](O)CC[C@]4(C)[C@H]3C[C@H](O)[C@@]21C. The molecule has 166 valence electrons. The Hall–Kier alpha value is -0.450. The van der Waals surface area contributed by atoms with Gasteiger partial charge in [-0.05, 0) is 105 Å². The molecule has 4 heteroatoms. The van der Waals surface area contributed by atoms with E-state index in [-0.39, 0.29) is 40.8 Å². The molecule has 3 N–H and O–H groups in total. The maximum atomic E-state index is 11.5. The number of rotatable bonds is 4. The normalized spacial score (nSPS) is 52.9. The summed E-state index contributed by atoms with van der Waals surface area (Å²) in [5.41, 5.74) is -0.0283. The molecule has 0 aromatic heterocycles. The highest BCUT2D eigenvalue weighted by atomic mass is 16.3. The number of aliphatic hydroxyl groups is 3. The van der Waals surface area contributed by atoms with Gasteiger partial charge in [0.1, 0.15) is 5.78 Å². The lowest BCUT2D eigenvalue weighted by Gasteiger charge is -2.63. The highest BCUT2D eigenvalue weighted by Gasteiger charge is 2.65. The first kappa shape index (κ1) is 21.8. The number of fused-ring (bicyclic) bond motifs is 5. The zero-order valence-corrected chi connectivity index (χ0v) is 18.8. The molecular formula is C25H42O4. The molecule has 4 aliphatic carbocycles. The zero-order valence-electron chi connectivity index (χ0n) is 18.8. The number of aliphatic hydroxyl groups excluding tert-OH is 3. The molecule has 0 unspecified atom stereocenters. The molecule has 0 aliphatic heterocycles. The van der Waals surface area contributed by atoms with Crippen LogP contribution in [0.25, 0.3) is 0 Å². The van der Waals surface area contributed by atoms with Crippen LogP contribution < -0.4 is 0 Å². The van der Waals surface area contributed by atoms with Crippen molar-refractivity contribution in [2.24, 2.45) is 46.3 Å². The summed E-state index contributed by atoms with van der Waals surface area (Å²) in [4.78, 5) is 11.5. The molecule has 0 aromatic rings. The fourth-order valence-corrected chi connectivity index (χ4v) is 8.76. The monoisotopic (exact) mass is 406 g/mol. The second kappa shape index (κ2) is 7.60. The second-order valence-corrected chi connectivity index (χ2v) is 11.7. The van der Waals surface area contributed by atoms with E-state index in [4.69, 9.17) is 0 Å². The Morgan fingerprint density at radius 1 is 1.03 bits per heavy atom. The molecule has 0 aromatic carbocycles. The molecule has 29 heavy (non-hydrogen) atoms. The van der Waals surface area contributed by atoms with Gasteiger partial charge in [-0.3, -0.25) is 0 Å². The lowest BCUT2D eigenvalue weighted by atomic mass is 9.43. The van der Waals surface area contributed by atoms with Gasteiger partial charge in [-0.25, -0.2) is 0 Å². The number of carbonyl (C=O) groups is 1. The van der Waals surface area contributed by atoms with Crippen molar-refractivity contribution in [3.63, 3.8) is 0 Å². The van der Waals surface area contributed by atoms with Crippen LogP contribution in [0, 0.1) is 46.3 Å². The van der Waals surface area contributed by atoms with Gasteiger partial charge in [-0.15, -0.1) is 0 Å². The van der Waals surface area contributed by atoms with Crippen molar-refractivity contribution in [1.29, 1.82) is 0 Å². The summed E-state index contributed by atoms with van der Waals surface area (Å²) in [6.07, 6.45) is 7.12. The van der Waals surface area contributed by atoms with Crippen LogP contribution in [0.15, 0.2) is 0 Å². The minimum absolute atomic E-state index is 0.129. The Labute approximate surface area is 176 Å². The smallest absolute Gasteiger partial charge is 0.129 e. The Bertz CT molecular complexity index is 634. The molecule has 0 radical (unpaired) electrons. The number of hydrogen-bond donors (Lipinski definition) is 3. The quantitative estimate of drug-likeness (QED) is 0.660. The summed E-state index contributed by atoms with van der Waals surface area (Å²) in [7, 11) is 0. The van der Waals surface area contributed by atoms with Crippen molar-refractivity contribution in [3.05, 3.63) is 0 Å². The first-order valence-corrected chi connectivity index (χ1v) is 12.1. The zero-order chi connectivity index (χ0) is 21.1. The fraction of sp³-hybridized carbons (Fsp3) is 0.960. The lowest BCUT2D eigenvalue weighted by Crippen LogP contribution is -2.62. The molecule has 0 amide bonds. The minimum atomic E-state index is -0.337.